The predicted octanol–water partition coefficient (Wildman–Crippen LogP) is 2.64. The minimum Gasteiger partial charge on any atom is -0.466 e. The number of nitrogens with zero attached hydrogens (tertiary/aromatic N) is 3. The highest BCUT2D eigenvalue weighted by Gasteiger charge is 2.31. The number of esters is 1. The second-order valence-electron chi connectivity index (χ2n) is 6.39. The Bertz CT molecular complexity index is 818. The van der Waals surface area contributed by atoms with E-state index in [-0.39, 0.29) is 29.3 Å². The zero-order valence-corrected chi connectivity index (χ0v) is 14.9. The number of hydrogen-bond acceptors (Lipinski definition) is 4. The number of hydrogen-bond donors (Lipinski definition) is 0. The highest BCUT2D eigenvalue weighted by molar-refractivity contribution is 5.94. The summed E-state index contributed by atoms with van der Waals surface area (Å²) in [4.78, 5) is 26.4. The third-order valence-electron chi connectivity index (χ3n) is 4.55. The maximum absolute atomic E-state index is 13.5. The molecule has 1 aliphatic rings. The average molecular weight is 359 g/mol. The molecule has 0 N–H and O–H groups in total. The molecule has 1 unspecified atom stereocenters. The minimum atomic E-state index is -0.343. The van der Waals surface area contributed by atoms with Crippen molar-refractivity contribution in [1.29, 1.82) is 0 Å². The lowest BCUT2D eigenvalue weighted by Crippen LogP contribution is -2.43. The van der Waals surface area contributed by atoms with Gasteiger partial charge in [0.1, 0.15) is 5.82 Å². The number of aromatic nitrogens is 2. The largest absolute Gasteiger partial charge is 0.466 e. The van der Waals surface area contributed by atoms with Crippen LogP contribution >= 0.6 is 0 Å². The molecule has 1 atom stereocenters. The van der Waals surface area contributed by atoms with E-state index in [1.54, 1.807) is 41.8 Å². The van der Waals surface area contributed by atoms with Gasteiger partial charge < -0.3 is 9.64 Å². The first-order valence-electron chi connectivity index (χ1n) is 8.75. The molecule has 1 fully saturated rings. The number of carbonyl (C=O) groups excluding carboxylic acids is 2. The maximum atomic E-state index is 13.5. The van der Waals surface area contributed by atoms with Crippen molar-refractivity contribution in [2.24, 2.45) is 13.0 Å². The standard InChI is InChI=1S/C19H22FN3O3/c1-3-26-19(25)14-7-5-9-23(12-14)18(24)16-11-17(22(2)21-16)13-6-4-8-15(20)10-13/h4,6,8,10-11,14H,3,5,7,9,12H2,1-2H3. The Morgan fingerprint density at radius 2 is 2.15 bits per heavy atom. The number of piperidine rings is 1. The van der Waals surface area contributed by atoms with Gasteiger partial charge in [-0.3, -0.25) is 14.3 Å². The van der Waals surface area contributed by atoms with Gasteiger partial charge in [-0.2, -0.15) is 5.10 Å². The molecule has 0 bridgehead atoms. The van der Waals surface area contributed by atoms with Crippen molar-refractivity contribution in [3.8, 4) is 11.3 Å². The van der Waals surface area contributed by atoms with Crippen LogP contribution in [0.5, 0.6) is 0 Å². The first-order chi connectivity index (χ1) is 12.5. The summed E-state index contributed by atoms with van der Waals surface area (Å²) >= 11 is 0. The number of aryl methyl sites for hydroxylation is 1. The monoisotopic (exact) mass is 359 g/mol. The van der Waals surface area contributed by atoms with Crippen molar-refractivity contribution < 1.29 is 18.7 Å². The van der Waals surface area contributed by atoms with Gasteiger partial charge in [-0.15, -0.1) is 0 Å². The van der Waals surface area contributed by atoms with Crippen LogP contribution in [0.1, 0.15) is 30.3 Å². The number of carbonyl (C=O) groups is 2. The Balaban J connectivity index is 1.78. The van der Waals surface area contributed by atoms with E-state index in [2.05, 4.69) is 5.10 Å². The first-order valence-corrected chi connectivity index (χ1v) is 8.75. The highest BCUT2D eigenvalue weighted by Crippen LogP contribution is 2.23. The van der Waals surface area contributed by atoms with Crippen LogP contribution in [0.15, 0.2) is 30.3 Å². The molecular weight excluding hydrogens is 337 g/mol. The van der Waals surface area contributed by atoms with E-state index in [4.69, 9.17) is 4.74 Å². The average Bonchev–Trinajstić information content (AvgIpc) is 3.03. The van der Waals surface area contributed by atoms with Crippen molar-refractivity contribution in [2.45, 2.75) is 19.8 Å². The van der Waals surface area contributed by atoms with Crippen LogP contribution < -0.4 is 0 Å². The molecular formula is C19H22FN3O3. The Morgan fingerprint density at radius 1 is 1.35 bits per heavy atom. The molecule has 0 spiro atoms. The molecule has 1 amide bonds. The number of ether oxygens (including phenoxy) is 1. The van der Waals surface area contributed by atoms with E-state index in [0.717, 1.165) is 12.8 Å². The smallest absolute Gasteiger partial charge is 0.310 e. The fraction of sp³-hybridized carbons (Fsp3) is 0.421. The number of likely N-dealkylation sites (tertiary alicyclic amines) is 1. The highest BCUT2D eigenvalue weighted by atomic mass is 19.1. The lowest BCUT2D eigenvalue weighted by molar-refractivity contribution is -0.149. The summed E-state index contributed by atoms with van der Waals surface area (Å²) in [5.74, 6) is -1.12. The van der Waals surface area contributed by atoms with E-state index in [1.807, 2.05) is 0 Å². The van der Waals surface area contributed by atoms with Crippen molar-refractivity contribution in [2.75, 3.05) is 19.7 Å². The van der Waals surface area contributed by atoms with E-state index >= 15 is 0 Å². The van der Waals surface area contributed by atoms with Gasteiger partial charge >= 0.3 is 5.97 Å². The van der Waals surface area contributed by atoms with Crippen LogP contribution in [0.3, 0.4) is 0 Å². The van der Waals surface area contributed by atoms with Gasteiger partial charge in [-0.25, -0.2) is 4.39 Å². The maximum Gasteiger partial charge on any atom is 0.310 e. The second-order valence-corrected chi connectivity index (χ2v) is 6.39. The molecule has 1 aromatic carbocycles. The molecule has 3 rings (SSSR count). The van der Waals surface area contributed by atoms with Crippen LogP contribution in [-0.4, -0.2) is 46.3 Å². The molecule has 0 radical (unpaired) electrons. The van der Waals surface area contributed by atoms with Crippen molar-refractivity contribution >= 4 is 11.9 Å². The summed E-state index contributed by atoms with van der Waals surface area (Å²) < 4.78 is 20.1. The lowest BCUT2D eigenvalue weighted by atomic mass is 9.98. The minimum absolute atomic E-state index is 0.225. The third kappa shape index (κ3) is 3.76. The molecule has 7 heteroatoms. The fourth-order valence-corrected chi connectivity index (χ4v) is 3.27. The Hall–Kier alpha value is -2.70. The number of rotatable bonds is 4. The van der Waals surface area contributed by atoms with Gasteiger partial charge in [0.2, 0.25) is 0 Å². The zero-order valence-electron chi connectivity index (χ0n) is 14.9. The second kappa shape index (κ2) is 7.68. The lowest BCUT2D eigenvalue weighted by Gasteiger charge is -2.31. The van der Waals surface area contributed by atoms with Gasteiger partial charge in [0.05, 0.1) is 18.2 Å². The van der Waals surface area contributed by atoms with Gasteiger partial charge in [-0.05, 0) is 38.0 Å². The summed E-state index contributed by atoms with van der Waals surface area (Å²) in [6, 6.07) is 7.82. The Morgan fingerprint density at radius 3 is 2.88 bits per heavy atom. The van der Waals surface area contributed by atoms with E-state index in [9.17, 15) is 14.0 Å². The Labute approximate surface area is 151 Å². The van der Waals surface area contributed by atoms with Crippen LogP contribution in [0.25, 0.3) is 11.3 Å². The van der Waals surface area contributed by atoms with Gasteiger partial charge in [0.15, 0.2) is 5.69 Å². The summed E-state index contributed by atoms with van der Waals surface area (Å²) in [5, 5.41) is 4.28. The molecule has 1 aromatic heterocycles. The zero-order chi connectivity index (χ0) is 18.7. The van der Waals surface area contributed by atoms with Crippen molar-refractivity contribution in [1.82, 2.24) is 14.7 Å². The molecule has 0 aliphatic carbocycles. The molecule has 6 nitrogen and oxygen atoms in total. The number of amides is 1. The SMILES string of the molecule is CCOC(=O)C1CCCN(C(=O)c2cc(-c3cccc(F)c3)n(C)n2)C1. The van der Waals surface area contributed by atoms with Crippen molar-refractivity contribution in [3.05, 3.63) is 41.8 Å². The molecule has 138 valence electrons. The van der Waals surface area contributed by atoms with Crippen LogP contribution in [-0.2, 0) is 16.6 Å². The fourth-order valence-electron chi connectivity index (χ4n) is 3.27. The summed E-state index contributed by atoms with van der Waals surface area (Å²) in [7, 11) is 1.72. The van der Waals surface area contributed by atoms with E-state index < -0.39 is 0 Å². The topological polar surface area (TPSA) is 64.4 Å². The number of halogens is 1. The molecule has 26 heavy (non-hydrogen) atoms. The van der Waals surface area contributed by atoms with Crippen LogP contribution in [0, 0.1) is 11.7 Å². The third-order valence-corrected chi connectivity index (χ3v) is 4.55. The van der Waals surface area contributed by atoms with E-state index in [0.29, 0.717) is 31.0 Å². The Kier molecular flexibility index (Phi) is 5.35. The van der Waals surface area contributed by atoms with Gasteiger partial charge in [0.25, 0.3) is 5.91 Å². The molecule has 1 aliphatic heterocycles. The molecule has 2 heterocycles. The molecule has 1 saturated heterocycles. The summed E-state index contributed by atoms with van der Waals surface area (Å²) in [6.07, 6.45) is 1.47. The summed E-state index contributed by atoms with van der Waals surface area (Å²) in [6.45, 7) is 3.02. The predicted molar refractivity (Wildman–Crippen MR) is 93.9 cm³/mol. The van der Waals surface area contributed by atoms with Gasteiger partial charge in [-0.1, -0.05) is 12.1 Å². The van der Waals surface area contributed by atoms with Gasteiger partial charge in [0, 0.05) is 25.7 Å². The quantitative estimate of drug-likeness (QED) is 0.788. The van der Waals surface area contributed by atoms with Crippen LogP contribution in [0.4, 0.5) is 4.39 Å². The normalized spacial score (nSPS) is 17.2. The molecule has 2 aromatic rings. The van der Waals surface area contributed by atoms with Crippen LogP contribution in [0.2, 0.25) is 0 Å². The van der Waals surface area contributed by atoms with Crippen molar-refractivity contribution in [3.63, 3.8) is 0 Å². The number of benzene rings is 1. The van der Waals surface area contributed by atoms with E-state index in [1.165, 1.54) is 12.1 Å². The summed E-state index contributed by atoms with van der Waals surface area (Å²) in [5.41, 5.74) is 1.60. The molecule has 0 saturated carbocycles. The first kappa shape index (κ1) is 18.1.